The first-order valence-electron chi connectivity index (χ1n) is 6.53. The maximum atomic E-state index is 12.6. The number of aromatic nitrogens is 3. The summed E-state index contributed by atoms with van der Waals surface area (Å²) in [6, 6.07) is 6.83. The Morgan fingerprint density at radius 3 is 2.73 bits per heavy atom. The van der Waals surface area contributed by atoms with E-state index in [-0.39, 0.29) is 32.3 Å². The normalized spacial score (nSPS) is 11.5. The predicted molar refractivity (Wildman–Crippen MR) is 85.8 cm³/mol. The quantitative estimate of drug-likeness (QED) is 0.384. The molecule has 3 heterocycles. The van der Waals surface area contributed by atoms with Crippen LogP contribution in [0.3, 0.4) is 0 Å². The highest BCUT2D eigenvalue weighted by Crippen LogP contribution is 2.20. The number of aryl methyl sites for hydroxylation is 1. The first-order chi connectivity index (χ1) is 10.5. The van der Waals surface area contributed by atoms with Crippen molar-refractivity contribution in [1.29, 1.82) is 0 Å². The van der Waals surface area contributed by atoms with Crippen LogP contribution in [0.4, 0.5) is 0 Å². The SMILES string of the molecule is Cc1ccc2oc3nc4[nH]c(=S)[nH]c(=O)c4cc3c(=O)c2c1. The number of nitrogens with one attached hydrogen (secondary N) is 2. The fourth-order valence-corrected chi connectivity index (χ4v) is 2.66. The van der Waals surface area contributed by atoms with Gasteiger partial charge >= 0.3 is 0 Å². The highest BCUT2D eigenvalue weighted by atomic mass is 32.1. The van der Waals surface area contributed by atoms with Gasteiger partial charge in [-0.15, -0.1) is 0 Å². The monoisotopic (exact) mass is 311 g/mol. The third-order valence-electron chi connectivity index (χ3n) is 3.52. The van der Waals surface area contributed by atoms with Crippen molar-refractivity contribution in [2.45, 2.75) is 6.92 Å². The van der Waals surface area contributed by atoms with Gasteiger partial charge in [0, 0.05) is 0 Å². The second kappa shape index (κ2) is 4.35. The number of pyridine rings is 1. The van der Waals surface area contributed by atoms with Gasteiger partial charge in [0.1, 0.15) is 11.2 Å². The van der Waals surface area contributed by atoms with Gasteiger partial charge in [0.05, 0.1) is 16.2 Å². The van der Waals surface area contributed by atoms with Crippen molar-refractivity contribution >= 4 is 45.3 Å². The van der Waals surface area contributed by atoms with Gasteiger partial charge in [0.2, 0.25) is 11.1 Å². The minimum Gasteiger partial charge on any atom is -0.437 e. The predicted octanol–water partition coefficient (Wildman–Crippen LogP) is 2.55. The Balaban J connectivity index is 2.29. The van der Waals surface area contributed by atoms with E-state index < -0.39 is 5.56 Å². The van der Waals surface area contributed by atoms with Gasteiger partial charge in [-0.3, -0.25) is 14.6 Å². The van der Waals surface area contributed by atoms with Crippen LogP contribution in [0.15, 0.2) is 38.3 Å². The number of hydrogen-bond donors (Lipinski definition) is 2. The second-order valence-electron chi connectivity index (χ2n) is 5.08. The van der Waals surface area contributed by atoms with E-state index >= 15 is 0 Å². The minimum absolute atomic E-state index is 0.170. The molecule has 0 radical (unpaired) electrons. The smallest absolute Gasteiger partial charge is 0.261 e. The number of aromatic amines is 2. The fraction of sp³-hybridized carbons (Fsp3) is 0.0667. The third kappa shape index (κ3) is 1.79. The maximum absolute atomic E-state index is 12.6. The summed E-state index contributed by atoms with van der Waals surface area (Å²) >= 11 is 4.92. The molecular weight excluding hydrogens is 302 g/mol. The molecule has 0 bridgehead atoms. The number of hydrogen-bond acceptors (Lipinski definition) is 5. The molecule has 0 aliphatic carbocycles. The molecule has 0 fully saturated rings. The van der Waals surface area contributed by atoms with Crippen molar-refractivity contribution in [3.8, 4) is 0 Å². The van der Waals surface area contributed by atoms with Crippen LogP contribution in [0, 0.1) is 11.7 Å². The van der Waals surface area contributed by atoms with E-state index in [1.165, 1.54) is 6.07 Å². The van der Waals surface area contributed by atoms with E-state index in [4.69, 9.17) is 16.6 Å². The first-order valence-corrected chi connectivity index (χ1v) is 6.94. The highest BCUT2D eigenvalue weighted by molar-refractivity contribution is 7.71. The summed E-state index contributed by atoms with van der Waals surface area (Å²) in [7, 11) is 0. The van der Waals surface area contributed by atoms with Crippen LogP contribution in [0.5, 0.6) is 0 Å². The van der Waals surface area contributed by atoms with Gasteiger partial charge in [-0.1, -0.05) is 11.6 Å². The second-order valence-corrected chi connectivity index (χ2v) is 5.48. The van der Waals surface area contributed by atoms with Gasteiger partial charge in [-0.05, 0) is 37.3 Å². The van der Waals surface area contributed by atoms with Crippen LogP contribution >= 0.6 is 12.2 Å². The maximum Gasteiger partial charge on any atom is 0.261 e. The lowest BCUT2D eigenvalue weighted by Crippen LogP contribution is -2.11. The van der Waals surface area contributed by atoms with Crippen molar-refractivity contribution in [2.75, 3.05) is 0 Å². The summed E-state index contributed by atoms with van der Waals surface area (Å²) in [5.41, 5.74) is 1.27. The molecule has 0 saturated heterocycles. The van der Waals surface area contributed by atoms with Crippen molar-refractivity contribution in [2.24, 2.45) is 0 Å². The molecule has 4 rings (SSSR count). The van der Waals surface area contributed by atoms with Crippen molar-refractivity contribution < 1.29 is 4.42 Å². The zero-order valence-electron chi connectivity index (χ0n) is 11.4. The van der Waals surface area contributed by atoms with E-state index in [1.807, 2.05) is 13.0 Å². The molecule has 1 aromatic carbocycles. The van der Waals surface area contributed by atoms with Crippen LogP contribution in [0.25, 0.3) is 33.1 Å². The lowest BCUT2D eigenvalue weighted by molar-refractivity contribution is 0.646. The van der Waals surface area contributed by atoms with E-state index in [0.717, 1.165) is 5.56 Å². The molecule has 3 aromatic heterocycles. The Morgan fingerprint density at radius 1 is 1.09 bits per heavy atom. The van der Waals surface area contributed by atoms with Gasteiger partial charge in [0.15, 0.2) is 4.77 Å². The Hall–Kier alpha value is -2.80. The molecule has 2 N–H and O–H groups in total. The van der Waals surface area contributed by atoms with E-state index in [0.29, 0.717) is 11.0 Å². The molecule has 0 atom stereocenters. The molecule has 7 heteroatoms. The molecule has 0 unspecified atom stereocenters. The number of H-pyrrole nitrogens is 2. The first kappa shape index (κ1) is 12.9. The number of fused-ring (bicyclic) bond motifs is 3. The average molecular weight is 311 g/mol. The Kier molecular flexibility index (Phi) is 2.55. The van der Waals surface area contributed by atoms with Crippen molar-refractivity contribution in [1.82, 2.24) is 15.0 Å². The molecule has 4 aromatic rings. The Bertz CT molecular complexity index is 1250. The van der Waals surface area contributed by atoms with Gasteiger partial charge in [-0.25, -0.2) is 0 Å². The molecular formula is C15H9N3O3S. The van der Waals surface area contributed by atoms with Gasteiger partial charge < -0.3 is 9.40 Å². The molecule has 0 amide bonds. The summed E-state index contributed by atoms with van der Waals surface area (Å²) in [6.45, 7) is 1.90. The summed E-state index contributed by atoms with van der Waals surface area (Å²) in [6.07, 6.45) is 0. The molecule has 22 heavy (non-hydrogen) atoms. The van der Waals surface area contributed by atoms with Crippen LogP contribution in [0.1, 0.15) is 5.56 Å². The average Bonchev–Trinajstić information content (AvgIpc) is 2.47. The summed E-state index contributed by atoms with van der Waals surface area (Å²) in [4.78, 5) is 34.1. The van der Waals surface area contributed by atoms with Gasteiger partial charge in [0.25, 0.3) is 5.56 Å². The van der Waals surface area contributed by atoms with Crippen LogP contribution < -0.4 is 11.0 Å². The standard InChI is InChI=1S/C15H9N3O3S/c1-6-2-3-10-7(4-6)11(19)8-5-9-12(16-14(8)21-10)17-15(22)18-13(9)20/h2-5H,1H3,(H2,16,17,18,20,22). The van der Waals surface area contributed by atoms with Crippen LogP contribution in [-0.4, -0.2) is 15.0 Å². The lowest BCUT2D eigenvalue weighted by Gasteiger charge is -2.03. The van der Waals surface area contributed by atoms with Crippen molar-refractivity contribution in [3.05, 3.63) is 55.2 Å². The number of benzene rings is 1. The van der Waals surface area contributed by atoms with E-state index in [9.17, 15) is 9.59 Å². The van der Waals surface area contributed by atoms with Crippen LogP contribution in [0.2, 0.25) is 0 Å². The van der Waals surface area contributed by atoms with Crippen LogP contribution in [-0.2, 0) is 0 Å². The summed E-state index contributed by atoms with van der Waals surface area (Å²) in [5.74, 6) is 0. The van der Waals surface area contributed by atoms with E-state index in [2.05, 4.69) is 15.0 Å². The molecule has 0 spiro atoms. The molecule has 6 nitrogen and oxygen atoms in total. The molecule has 108 valence electrons. The summed E-state index contributed by atoms with van der Waals surface area (Å²) < 4.78 is 5.86. The minimum atomic E-state index is -0.392. The van der Waals surface area contributed by atoms with Gasteiger partial charge in [-0.2, -0.15) is 4.98 Å². The zero-order chi connectivity index (χ0) is 15.4. The molecule has 0 aliphatic rings. The Labute approximate surface area is 127 Å². The van der Waals surface area contributed by atoms with E-state index in [1.54, 1.807) is 12.1 Å². The Morgan fingerprint density at radius 2 is 1.91 bits per heavy atom. The third-order valence-corrected chi connectivity index (χ3v) is 3.73. The highest BCUT2D eigenvalue weighted by Gasteiger charge is 2.12. The largest absolute Gasteiger partial charge is 0.437 e. The lowest BCUT2D eigenvalue weighted by atomic mass is 10.1. The van der Waals surface area contributed by atoms with Crippen molar-refractivity contribution in [3.63, 3.8) is 0 Å². The molecule has 0 saturated carbocycles. The zero-order valence-corrected chi connectivity index (χ0v) is 12.2. The number of nitrogens with zero attached hydrogens (tertiary/aromatic N) is 1. The summed E-state index contributed by atoms with van der Waals surface area (Å²) in [5, 5.41) is 0.996. The molecule has 0 aliphatic heterocycles. The fourth-order valence-electron chi connectivity index (χ4n) is 2.47. The topological polar surface area (TPSA) is 91.8 Å². The number of rotatable bonds is 0.